The largest absolute Gasteiger partial charge is 0.505 e. The molecule has 0 unspecified atom stereocenters. The summed E-state index contributed by atoms with van der Waals surface area (Å²) in [5.41, 5.74) is 11.6. The van der Waals surface area contributed by atoms with Crippen LogP contribution in [0.4, 0.5) is 8.78 Å². The summed E-state index contributed by atoms with van der Waals surface area (Å²) in [6, 6.07) is 44.0. The summed E-state index contributed by atoms with van der Waals surface area (Å²) in [4.78, 5) is 0. The van der Waals surface area contributed by atoms with Crippen molar-refractivity contribution in [3.63, 3.8) is 0 Å². The topological polar surface area (TPSA) is 68.8 Å². The first-order valence-electron chi connectivity index (χ1n) is 33.5. The van der Waals surface area contributed by atoms with Gasteiger partial charge >= 0.3 is 0 Å². The fourth-order valence-corrected chi connectivity index (χ4v) is 14.3. The lowest BCUT2D eigenvalue weighted by Crippen LogP contribution is -2.29. The first-order chi connectivity index (χ1) is 42.7. The molecule has 6 nitrogen and oxygen atoms in total. The van der Waals surface area contributed by atoms with Gasteiger partial charge in [-0.25, -0.2) is 8.78 Å². The SMILES string of the molecule is CC(C)(C)CC(C)(C)c1cc(-c2cc(F)ccc2OCC(C)(C)COc2ccc(F)cc2-c2cc(C(C)(C)CC(C)(C)C)cc(-n3c4ccc(C(C)(C)C)cc4c4cc(C(C)(C)C)ccc43)c2O)c(O)c(-n2c3ccc(C(C)(C)C)cc3c3cc(C(C)(C)C)ccc32)c1. The van der Waals surface area contributed by atoms with Gasteiger partial charge in [-0.3, -0.25) is 0 Å². The van der Waals surface area contributed by atoms with Crippen molar-refractivity contribution in [3.8, 4) is 56.6 Å². The maximum absolute atomic E-state index is 16.1. The molecule has 8 aromatic carbocycles. The zero-order valence-corrected chi connectivity index (χ0v) is 60.4. The number of nitrogens with zero attached hydrogens (tertiary/aromatic N) is 2. The highest BCUT2D eigenvalue weighted by molar-refractivity contribution is 6.11. The molecule has 93 heavy (non-hydrogen) atoms. The van der Waals surface area contributed by atoms with Gasteiger partial charge in [0.25, 0.3) is 0 Å². The third-order valence-corrected chi connectivity index (χ3v) is 18.9. The second-order valence-corrected chi connectivity index (χ2v) is 35.6. The Morgan fingerprint density at radius 1 is 0.323 bits per heavy atom. The second kappa shape index (κ2) is 23.4. The molecule has 0 saturated carbocycles. The minimum absolute atomic E-state index is 0.00514. The number of fused-ring (bicyclic) bond motifs is 6. The third kappa shape index (κ3) is 14.0. The van der Waals surface area contributed by atoms with Crippen LogP contribution >= 0.6 is 0 Å². The van der Waals surface area contributed by atoms with Crippen LogP contribution in [0.2, 0.25) is 0 Å². The first-order valence-corrected chi connectivity index (χ1v) is 33.5. The number of aromatic nitrogens is 2. The van der Waals surface area contributed by atoms with E-state index >= 15 is 8.78 Å². The fraction of sp³-hybridized carbons (Fsp3) is 0.435. The average Bonchev–Trinajstić information content (AvgIpc) is 1.55. The van der Waals surface area contributed by atoms with Crippen LogP contribution < -0.4 is 9.47 Å². The number of halogens is 2. The molecule has 0 radical (unpaired) electrons. The van der Waals surface area contributed by atoms with E-state index in [1.54, 1.807) is 12.1 Å². The first kappa shape index (κ1) is 68.3. The Morgan fingerprint density at radius 3 is 0.860 bits per heavy atom. The minimum atomic E-state index is -0.702. The Balaban J connectivity index is 1.06. The van der Waals surface area contributed by atoms with E-state index in [0.29, 0.717) is 45.1 Å². The zero-order chi connectivity index (χ0) is 68.5. The highest BCUT2D eigenvalue weighted by atomic mass is 19.1. The molecule has 0 bridgehead atoms. The predicted molar refractivity (Wildman–Crippen MR) is 389 cm³/mol. The van der Waals surface area contributed by atoms with Gasteiger partial charge in [-0.05, 0) is 199 Å². The Bertz CT molecular complexity index is 4090. The zero-order valence-electron chi connectivity index (χ0n) is 60.4. The van der Waals surface area contributed by atoms with Crippen molar-refractivity contribution < 1.29 is 28.5 Å². The third-order valence-electron chi connectivity index (χ3n) is 18.9. The maximum atomic E-state index is 16.1. The van der Waals surface area contributed by atoms with Crippen LogP contribution in [-0.2, 0) is 32.5 Å². The number of rotatable bonds is 14. The van der Waals surface area contributed by atoms with Crippen LogP contribution in [0.1, 0.15) is 212 Å². The highest BCUT2D eigenvalue weighted by Crippen LogP contribution is 2.51. The van der Waals surface area contributed by atoms with Gasteiger partial charge in [0.1, 0.15) is 34.6 Å². The van der Waals surface area contributed by atoms with E-state index in [9.17, 15) is 10.2 Å². The summed E-state index contributed by atoms with van der Waals surface area (Å²) in [5.74, 6) is -0.133. The molecule has 10 aromatic rings. The van der Waals surface area contributed by atoms with E-state index in [2.05, 4.69) is 246 Å². The van der Waals surface area contributed by atoms with Crippen LogP contribution in [-0.4, -0.2) is 32.6 Å². The van der Waals surface area contributed by atoms with E-state index < -0.39 is 17.0 Å². The van der Waals surface area contributed by atoms with Gasteiger partial charge < -0.3 is 28.8 Å². The van der Waals surface area contributed by atoms with E-state index in [-0.39, 0.29) is 68.0 Å². The molecule has 8 heteroatoms. The lowest BCUT2D eigenvalue weighted by Gasteiger charge is -2.34. The fourth-order valence-electron chi connectivity index (χ4n) is 14.3. The molecule has 0 spiro atoms. The smallest absolute Gasteiger partial charge is 0.147 e. The van der Waals surface area contributed by atoms with Crippen molar-refractivity contribution in [2.45, 2.75) is 212 Å². The van der Waals surface area contributed by atoms with E-state index in [4.69, 9.17) is 9.47 Å². The van der Waals surface area contributed by atoms with Crippen molar-refractivity contribution in [2.24, 2.45) is 16.2 Å². The monoisotopic (exact) mass is 1250 g/mol. The lowest BCUT2D eigenvalue weighted by atomic mass is 9.71. The van der Waals surface area contributed by atoms with E-state index in [1.165, 1.54) is 46.5 Å². The lowest BCUT2D eigenvalue weighted by molar-refractivity contribution is 0.111. The molecular weight excluding hydrogens is 1150 g/mol. The maximum Gasteiger partial charge on any atom is 0.147 e. The van der Waals surface area contributed by atoms with Crippen LogP contribution in [0.3, 0.4) is 0 Å². The summed E-state index contributed by atoms with van der Waals surface area (Å²) < 4.78 is 50.3. The molecule has 0 aliphatic carbocycles. The normalized spacial score (nSPS) is 13.5. The van der Waals surface area contributed by atoms with Gasteiger partial charge in [0, 0.05) is 49.2 Å². The summed E-state index contributed by atoms with van der Waals surface area (Å²) in [6.45, 7) is 53.5. The molecule has 0 aliphatic heterocycles. The van der Waals surface area contributed by atoms with Crippen molar-refractivity contribution in [2.75, 3.05) is 13.2 Å². The molecule has 0 atom stereocenters. The van der Waals surface area contributed by atoms with Crippen LogP contribution in [0.25, 0.3) is 77.2 Å². The number of hydrogen-bond donors (Lipinski definition) is 2. The highest BCUT2D eigenvalue weighted by Gasteiger charge is 2.35. The molecule has 2 heterocycles. The number of ether oxygens (including phenoxy) is 2. The van der Waals surface area contributed by atoms with Crippen LogP contribution in [0.5, 0.6) is 23.0 Å². The quantitative estimate of drug-likeness (QED) is 0.114. The molecule has 0 saturated heterocycles. The Hall–Kier alpha value is -7.58. The van der Waals surface area contributed by atoms with Gasteiger partial charge in [0.05, 0.1) is 46.7 Å². The second-order valence-electron chi connectivity index (χ2n) is 35.6. The van der Waals surface area contributed by atoms with Crippen LogP contribution in [0, 0.1) is 27.9 Å². The standard InChI is InChI=1S/C85H104F2N2O4/c1-77(2,3)47-84(21,22)55-41-65(75(90)71(43-55)88-67-31-25-51(79(7,8)9)37-59(67)60-38-52(80(10,11)12)26-32-68(60)88)63-45-57(86)29-35-73(63)92-49-83(19,20)50-93-74-36-30-58(87)46-64(74)66-42-56(85(23,24)48-78(4,5)6)44-72(76(66)91)89-69-33-27-53(81(13,14)15)39-61(69)62-40-54(82(16,17)18)28-34-70(62)89/h25-46,90-91H,47-50H2,1-24H3. The molecule has 2 N–H and O–H groups in total. The van der Waals surface area contributed by atoms with Gasteiger partial charge in [0.2, 0.25) is 0 Å². The molecule has 0 fully saturated rings. The molecule has 492 valence electrons. The Kier molecular flexibility index (Phi) is 17.2. The summed E-state index contributed by atoms with van der Waals surface area (Å²) in [5, 5.41) is 30.6. The van der Waals surface area contributed by atoms with Gasteiger partial charge in [0.15, 0.2) is 0 Å². The number of hydrogen-bond acceptors (Lipinski definition) is 4. The van der Waals surface area contributed by atoms with Crippen LogP contribution in [0.15, 0.2) is 133 Å². The van der Waals surface area contributed by atoms with Crippen molar-refractivity contribution in [1.82, 2.24) is 9.13 Å². The molecule has 2 aromatic heterocycles. The van der Waals surface area contributed by atoms with Crippen molar-refractivity contribution >= 4 is 43.6 Å². The van der Waals surface area contributed by atoms with Gasteiger partial charge in [-0.2, -0.15) is 0 Å². The molecule has 0 aliphatic rings. The number of benzene rings is 8. The Labute approximate surface area is 554 Å². The number of phenolic OH excluding ortho intramolecular Hbond substituents is 2. The van der Waals surface area contributed by atoms with Gasteiger partial charge in [-0.15, -0.1) is 0 Å². The molecule has 10 rings (SSSR count). The predicted octanol–water partition coefficient (Wildman–Crippen LogP) is 24.0. The summed E-state index contributed by atoms with van der Waals surface area (Å²) >= 11 is 0. The minimum Gasteiger partial charge on any atom is -0.505 e. The Morgan fingerprint density at radius 2 is 0.602 bits per heavy atom. The number of phenols is 2. The van der Waals surface area contributed by atoms with Crippen molar-refractivity contribution in [3.05, 3.63) is 178 Å². The molecular formula is C85H104F2N2O4. The summed E-state index contributed by atoms with van der Waals surface area (Å²) in [7, 11) is 0. The average molecular weight is 1260 g/mol. The number of aromatic hydroxyl groups is 2. The summed E-state index contributed by atoms with van der Waals surface area (Å²) in [6.07, 6.45) is 1.66. The molecule has 0 amide bonds. The van der Waals surface area contributed by atoms with E-state index in [1.807, 2.05) is 26.0 Å². The van der Waals surface area contributed by atoms with Gasteiger partial charge in [-0.1, -0.05) is 190 Å². The van der Waals surface area contributed by atoms with Crippen molar-refractivity contribution in [1.29, 1.82) is 0 Å². The van der Waals surface area contributed by atoms with E-state index in [0.717, 1.165) is 67.6 Å².